The molecule has 1 aromatic heterocycles. The van der Waals surface area contributed by atoms with Gasteiger partial charge >= 0.3 is 0 Å². The van der Waals surface area contributed by atoms with E-state index in [0.29, 0.717) is 5.92 Å². The molecule has 0 aromatic carbocycles. The summed E-state index contributed by atoms with van der Waals surface area (Å²) >= 11 is 0. The zero-order chi connectivity index (χ0) is 11.2. The molecule has 1 unspecified atom stereocenters. The minimum absolute atomic E-state index is 0.627. The zero-order valence-electron chi connectivity index (χ0n) is 9.65. The number of terminal acetylenes is 1. The Kier molecular flexibility index (Phi) is 4.01. The third kappa shape index (κ3) is 2.65. The van der Waals surface area contributed by atoms with Crippen molar-refractivity contribution in [3.8, 4) is 12.3 Å². The molecule has 0 radical (unpaired) electrons. The third-order valence-electron chi connectivity index (χ3n) is 3.18. The van der Waals surface area contributed by atoms with Crippen LogP contribution >= 0.6 is 0 Å². The van der Waals surface area contributed by atoms with E-state index in [4.69, 9.17) is 6.42 Å². The first kappa shape index (κ1) is 11.2. The number of hydrogen-bond acceptors (Lipinski definition) is 2. The highest BCUT2D eigenvalue weighted by Crippen LogP contribution is 2.22. The Hall–Kier alpha value is -1.27. The molecular formula is C13H19N3. The van der Waals surface area contributed by atoms with Crippen LogP contribution in [0.15, 0.2) is 12.5 Å². The van der Waals surface area contributed by atoms with Crippen LogP contribution < -0.4 is 5.32 Å². The van der Waals surface area contributed by atoms with Crippen molar-refractivity contribution in [3.05, 3.63) is 18.2 Å². The Morgan fingerprint density at radius 3 is 3.31 bits per heavy atom. The molecule has 0 amide bonds. The standard InChI is InChI=1S/C13H19N3/c1-2-3-4-8-16-11-15-10-13(16)12-6-5-7-14-9-12/h1,10-12,14H,3-9H2. The Labute approximate surface area is 97.3 Å². The third-order valence-corrected chi connectivity index (χ3v) is 3.18. The summed E-state index contributed by atoms with van der Waals surface area (Å²) < 4.78 is 2.26. The molecule has 1 fully saturated rings. The number of unbranched alkanes of at least 4 members (excludes halogenated alkanes) is 1. The number of aryl methyl sites for hydroxylation is 1. The molecule has 86 valence electrons. The van der Waals surface area contributed by atoms with Crippen LogP contribution in [-0.2, 0) is 6.54 Å². The van der Waals surface area contributed by atoms with Crippen molar-refractivity contribution in [2.24, 2.45) is 0 Å². The topological polar surface area (TPSA) is 29.9 Å². The highest BCUT2D eigenvalue weighted by atomic mass is 15.1. The first-order chi connectivity index (χ1) is 7.92. The molecule has 1 N–H and O–H groups in total. The summed E-state index contributed by atoms with van der Waals surface area (Å²) in [6.07, 6.45) is 13.6. The van der Waals surface area contributed by atoms with Crippen LogP contribution in [-0.4, -0.2) is 22.6 Å². The van der Waals surface area contributed by atoms with Gasteiger partial charge in [0.1, 0.15) is 0 Å². The van der Waals surface area contributed by atoms with Crippen LogP contribution in [0.1, 0.15) is 37.3 Å². The molecule has 1 aromatic rings. The van der Waals surface area contributed by atoms with Gasteiger partial charge in [-0.15, -0.1) is 12.3 Å². The number of nitrogens with zero attached hydrogens (tertiary/aromatic N) is 2. The van der Waals surface area contributed by atoms with E-state index in [9.17, 15) is 0 Å². The van der Waals surface area contributed by atoms with Gasteiger partial charge in [0.2, 0.25) is 0 Å². The average molecular weight is 217 g/mol. The predicted octanol–water partition coefficient (Wildman–Crippen LogP) is 1.76. The monoisotopic (exact) mass is 217 g/mol. The fourth-order valence-electron chi connectivity index (χ4n) is 2.31. The number of nitrogens with one attached hydrogen (secondary N) is 1. The maximum absolute atomic E-state index is 5.26. The van der Waals surface area contributed by atoms with Gasteiger partial charge in [-0.1, -0.05) is 0 Å². The average Bonchev–Trinajstić information content (AvgIpc) is 2.79. The van der Waals surface area contributed by atoms with E-state index in [1.807, 2.05) is 12.5 Å². The summed E-state index contributed by atoms with van der Waals surface area (Å²) in [4.78, 5) is 4.26. The second-order valence-electron chi connectivity index (χ2n) is 4.36. The molecular weight excluding hydrogens is 198 g/mol. The smallest absolute Gasteiger partial charge is 0.0948 e. The molecule has 2 rings (SSSR count). The van der Waals surface area contributed by atoms with Gasteiger partial charge in [0.15, 0.2) is 0 Å². The first-order valence-corrected chi connectivity index (χ1v) is 6.06. The molecule has 16 heavy (non-hydrogen) atoms. The summed E-state index contributed by atoms with van der Waals surface area (Å²) in [5.74, 6) is 3.31. The van der Waals surface area contributed by atoms with E-state index in [1.165, 1.54) is 18.5 Å². The number of imidazole rings is 1. The fraction of sp³-hybridized carbons (Fsp3) is 0.615. The van der Waals surface area contributed by atoms with Crippen molar-refractivity contribution in [2.45, 2.75) is 38.1 Å². The van der Waals surface area contributed by atoms with E-state index >= 15 is 0 Å². The van der Waals surface area contributed by atoms with Gasteiger partial charge in [0, 0.05) is 37.3 Å². The summed E-state index contributed by atoms with van der Waals surface area (Å²) in [5.41, 5.74) is 1.37. The molecule has 0 spiro atoms. The SMILES string of the molecule is C#CCCCn1cncc1C1CCCNC1. The summed E-state index contributed by atoms with van der Waals surface area (Å²) in [6, 6.07) is 0. The zero-order valence-corrected chi connectivity index (χ0v) is 9.65. The van der Waals surface area contributed by atoms with Crippen molar-refractivity contribution in [2.75, 3.05) is 13.1 Å². The molecule has 0 saturated carbocycles. The molecule has 2 heterocycles. The molecule has 1 atom stereocenters. The molecule has 0 bridgehead atoms. The van der Waals surface area contributed by atoms with E-state index in [-0.39, 0.29) is 0 Å². The Morgan fingerprint density at radius 1 is 1.62 bits per heavy atom. The molecule has 1 saturated heterocycles. The van der Waals surface area contributed by atoms with Crippen molar-refractivity contribution in [3.63, 3.8) is 0 Å². The van der Waals surface area contributed by atoms with Crippen molar-refractivity contribution >= 4 is 0 Å². The van der Waals surface area contributed by atoms with Crippen LogP contribution in [0.4, 0.5) is 0 Å². The summed E-state index contributed by atoms with van der Waals surface area (Å²) in [5, 5.41) is 3.44. The van der Waals surface area contributed by atoms with E-state index in [2.05, 4.69) is 20.8 Å². The Bertz CT molecular complexity index is 355. The Morgan fingerprint density at radius 2 is 2.56 bits per heavy atom. The second-order valence-corrected chi connectivity index (χ2v) is 4.36. The molecule has 3 heteroatoms. The molecule has 1 aliphatic rings. The normalized spacial score (nSPS) is 20.6. The van der Waals surface area contributed by atoms with Gasteiger partial charge < -0.3 is 9.88 Å². The highest BCUT2D eigenvalue weighted by molar-refractivity contribution is 5.08. The van der Waals surface area contributed by atoms with E-state index in [1.54, 1.807) is 0 Å². The molecule has 1 aliphatic heterocycles. The maximum atomic E-state index is 5.26. The number of rotatable bonds is 4. The molecule has 3 nitrogen and oxygen atoms in total. The predicted molar refractivity (Wildman–Crippen MR) is 65.1 cm³/mol. The van der Waals surface area contributed by atoms with Crippen LogP contribution in [0, 0.1) is 12.3 Å². The lowest BCUT2D eigenvalue weighted by Crippen LogP contribution is -2.29. The van der Waals surface area contributed by atoms with Crippen LogP contribution in [0.3, 0.4) is 0 Å². The highest BCUT2D eigenvalue weighted by Gasteiger charge is 2.18. The van der Waals surface area contributed by atoms with E-state index in [0.717, 1.165) is 32.5 Å². The number of piperidine rings is 1. The largest absolute Gasteiger partial charge is 0.334 e. The van der Waals surface area contributed by atoms with Crippen LogP contribution in [0.2, 0.25) is 0 Å². The van der Waals surface area contributed by atoms with E-state index < -0.39 is 0 Å². The quantitative estimate of drug-likeness (QED) is 0.615. The van der Waals surface area contributed by atoms with Gasteiger partial charge in [-0.25, -0.2) is 4.98 Å². The van der Waals surface area contributed by atoms with Crippen molar-refractivity contribution in [1.82, 2.24) is 14.9 Å². The lowest BCUT2D eigenvalue weighted by molar-refractivity contribution is 0.438. The van der Waals surface area contributed by atoms with Crippen molar-refractivity contribution < 1.29 is 0 Å². The van der Waals surface area contributed by atoms with Gasteiger partial charge in [0.25, 0.3) is 0 Å². The number of hydrogen-bond donors (Lipinski definition) is 1. The molecule has 0 aliphatic carbocycles. The first-order valence-electron chi connectivity index (χ1n) is 6.06. The van der Waals surface area contributed by atoms with Crippen LogP contribution in [0.5, 0.6) is 0 Å². The number of aromatic nitrogens is 2. The summed E-state index contributed by atoms with van der Waals surface area (Å²) in [7, 11) is 0. The lowest BCUT2D eigenvalue weighted by Gasteiger charge is -2.23. The van der Waals surface area contributed by atoms with Gasteiger partial charge in [-0.05, 0) is 25.8 Å². The van der Waals surface area contributed by atoms with Crippen LogP contribution in [0.25, 0.3) is 0 Å². The van der Waals surface area contributed by atoms with Gasteiger partial charge in [0.05, 0.1) is 6.33 Å². The van der Waals surface area contributed by atoms with Gasteiger partial charge in [-0.3, -0.25) is 0 Å². The Balaban J connectivity index is 1.97. The summed E-state index contributed by atoms with van der Waals surface area (Å²) in [6.45, 7) is 3.23. The van der Waals surface area contributed by atoms with Crippen molar-refractivity contribution in [1.29, 1.82) is 0 Å². The fourth-order valence-corrected chi connectivity index (χ4v) is 2.31. The van der Waals surface area contributed by atoms with Gasteiger partial charge in [-0.2, -0.15) is 0 Å². The second kappa shape index (κ2) is 5.72. The lowest BCUT2D eigenvalue weighted by atomic mass is 9.96. The minimum atomic E-state index is 0.627. The minimum Gasteiger partial charge on any atom is -0.334 e. The maximum Gasteiger partial charge on any atom is 0.0948 e.